The Morgan fingerprint density at radius 2 is 2.08 bits per heavy atom. The molecule has 0 aromatic heterocycles. The molecule has 2 aliphatic heterocycles. The van der Waals surface area contributed by atoms with Gasteiger partial charge in [-0.1, -0.05) is 30.3 Å². The number of cyclic esters (lactones) is 1. The Labute approximate surface area is 142 Å². The van der Waals surface area contributed by atoms with E-state index in [0.29, 0.717) is 13.2 Å². The summed E-state index contributed by atoms with van der Waals surface area (Å²) in [5, 5.41) is 3.06. The van der Waals surface area contributed by atoms with Gasteiger partial charge in [0.25, 0.3) is 0 Å². The number of ether oxygens (including phenoxy) is 1. The first-order chi connectivity index (χ1) is 11.7. The number of carbonyl (C=O) groups excluding carboxylic acids is 2. The SMILES string of the molecule is O=C(CN1CCOC1=O)NC1CCCN(CCc2ccccc2)C1. The van der Waals surface area contributed by atoms with Crippen molar-refractivity contribution >= 4 is 12.0 Å². The van der Waals surface area contributed by atoms with Gasteiger partial charge < -0.3 is 15.0 Å². The zero-order valence-corrected chi connectivity index (χ0v) is 13.9. The number of carbonyl (C=O) groups is 2. The van der Waals surface area contributed by atoms with Crippen LogP contribution in [0.25, 0.3) is 0 Å². The highest BCUT2D eigenvalue weighted by Crippen LogP contribution is 2.12. The van der Waals surface area contributed by atoms with Crippen molar-refractivity contribution in [3.63, 3.8) is 0 Å². The molecule has 6 heteroatoms. The average Bonchev–Trinajstić information content (AvgIpc) is 2.99. The number of benzene rings is 1. The molecule has 1 N–H and O–H groups in total. The van der Waals surface area contributed by atoms with Crippen LogP contribution in [0, 0.1) is 0 Å². The molecule has 1 atom stereocenters. The Kier molecular flexibility index (Phi) is 5.69. The number of nitrogens with zero attached hydrogens (tertiary/aromatic N) is 2. The van der Waals surface area contributed by atoms with Crippen molar-refractivity contribution in [1.29, 1.82) is 0 Å². The van der Waals surface area contributed by atoms with E-state index < -0.39 is 6.09 Å². The van der Waals surface area contributed by atoms with E-state index in [9.17, 15) is 9.59 Å². The van der Waals surface area contributed by atoms with E-state index in [0.717, 1.165) is 38.9 Å². The molecule has 2 fully saturated rings. The number of rotatable bonds is 6. The van der Waals surface area contributed by atoms with Crippen molar-refractivity contribution in [1.82, 2.24) is 15.1 Å². The Bertz CT molecular complexity index is 564. The minimum atomic E-state index is -0.390. The summed E-state index contributed by atoms with van der Waals surface area (Å²) in [5.41, 5.74) is 1.34. The molecule has 0 bridgehead atoms. The molecule has 2 aliphatic rings. The molecule has 2 saturated heterocycles. The molecule has 2 heterocycles. The van der Waals surface area contributed by atoms with Crippen LogP contribution >= 0.6 is 0 Å². The number of hydrogen-bond donors (Lipinski definition) is 1. The predicted octanol–water partition coefficient (Wildman–Crippen LogP) is 1.26. The Hall–Kier alpha value is -2.08. The molecule has 1 aromatic carbocycles. The lowest BCUT2D eigenvalue weighted by molar-refractivity contribution is -0.122. The van der Waals surface area contributed by atoms with Crippen LogP contribution in [0.15, 0.2) is 30.3 Å². The summed E-state index contributed by atoms with van der Waals surface area (Å²) in [4.78, 5) is 27.4. The average molecular weight is 331 g/mol. The van der Waals surface area contributed by atoms with E-state index in [1.165, 1.54) is 10.5 Å². The maximum atomic E-state index is 12.1. The summed E-state index contributed by atoms with van der Waals surface area (Å²) in [6.45, 7) is 3.94. The number of hydrogen-bond acceptors (Lipinski definition) is 4. The molecule has 1 unspecified atom stereocenters. The van der Waals surface area contributed by atoms with Crippen molar-refractivity contribution in [3.8, 4) is 0 Å². The van der Waals surface area contributed by atoms with Gasteiger partial charge in [0.05, 0.1) is 6.54 Å². The molecule has 3 rings (SSSR count). The van der Waals surface area contributed by atoms with Crippen molar-refractivity contribution in [3.05, 3.63) is 35.9 Å². The van der Waals surface area contributed by atoms with Crippen LogP contribution in [0.1, 0.15) is 18.4 Å². The Morgan fingerprint density at radius 3 is 2.83 bits per heavy atom. The maximum absolute atomic E-state index is 12.1. The van der Waals surface area contributed by atoms with Gasteiger partial charge >= 0.3 is 6.09 Å². The van der Waals surface area contributed by atoms with Gasteiger partial charge in [0, 0.05) is 19.1 Å². The molecule has 6 nitrogen and oxygen atoms in total. The number of amides is 2. The third-order valence-corrected chi connectivity index (χ3v) is 4.61. The van der Waals surface area contributed by atoms with Crippen LogP contribution in [-0.4, -0.2) is 67.2 Å². The fraction of sp³-hybridized carbons (Fsp3) is 0.556. The Morgan fingerprint density at radius 1 is 1.25 bits per heavy atom. The zero-order chi connectivity index (χ0) is 16.8. The fourth-order valence-electron chi connectivity index (χ4n) is 3.32. The molecule has 2 amide bonds. The summed E-state index contributed by atoms with van der Waals surface area (Å²) < 4.78 is 4.85. The Balaban J connectivity index is 1.41. The number of likely N-dealkylation sites (tertiary alicyclic amines) is 1. The fourth-order valence-corrected chi connectivity index (χ4v) is 3.32. The molecule has 1 aromatic rings. The van der Waals surface area contributed by atoms with Crippen LogP contribution in [0.4, 0.5) is 4.79 Å². The monoisotopic (exact) mass is 331 g/mol. The number of piperidine rings is 1. The maximum Gasteiger partial charge on any atom is 0.410 e. The van der Waals surface area contributed by atoms with Gasteiger partial charge in [0.15, 0.2) is 0 Å². The van der Waals surface area contributed by atoms with Gasteiger partial charge in [-0.3, -0.25) is 9.69 Å². The summed E-state index contributed by atoms with van der Waals surface area (Å²) in [5.74, 6) is -0.0937. The summed E-state index contributed by atoms with van der Waals surface area (Å²) >= 11 is 0. The molecule has 0 radical (unpaired) electrons. The highest BCUT2D eigenvalue weighted by atomic mass is 16.6. The van der Waals surface area contributed by atoms with E-state index in [1.54, 1.807) is 0 Å². The van der Waals surface area contributed by atoms with E-state index in [-0.39, 0.29) is 18.5 Å². The molecular formula is C18H25N3O3. The van der Waals surface area contributed by atoms with Crippen molar-refractivity contribution in [2.24, 2.45) is 0 Å². The third kappa shape index (κ3) is 4.71. The second-order valence-corrected chi connectivity index (χ2v) is 6.48. The van der Waals surface area contributed by atoms with E-state index >= 15 is 0 Å². The summed E-state index contributed by atoms with van der Waals surface area (Å²) in [6.07, 6.45) is 2.73. The quantitative estimate of drug-likeness (QED) is 0.852. The second kappa shape index (κ2) is 8.15. The van der Waals surface area contributed by atoms with Crippen LogP contribution in [-0.2, 0) is 16.0 Å². The lowest BCUT2D eigenvalue weighted by Gasteiger charge is -2.33. The first-order valence-corrected chi connectivity index (χ1v) is 8.68. The summed E-state index contributed by atoms with van der Waals surface area (Å²) in [6, 6.07) is 10.6. The van der Waals surface area contributed by atoms with Crippen LogP contribution in [0.5, 0.6) is 0 Å². The second-order valence-electron chi connectivity index (χ2n) is 6.48. The van der Waals surface area contributed by atoms with Crippen LogP contribution in [0.2, 0.25) is 0 Å². The molecular weight excluding hydrogens is 306 g/mol. The first kappa shape index (κ1) is 16.8. The highest BCUT2D eigenvalue weighted by Gasteiger charge is 2.26. The smallest absolute Gasteiger partial charge is 0.410 e. The van der Waals surface area contributed by atoms with Gasteiger partial charge in [0.2, 0.25) is 5.91 Å². The largest absolute Gasteiger partial charge is 0.448 e. The lowest BCUT2D eigenvalue weighted by Crippen LogP contribution is -2.50. The molecule has 130 valence electrons. The lowest BCUT2D eigenvalue weighted by atomic mass is 10.0. The van der Waals surface area contributed by atoms with Crippen LogP contribution < -0.4 is 5.32 Å². The minimum Gasteiger partial charge on any atom is -0.448 e. The molecule has 0 aliphatic carbocycles. The van der Waals surface area contributed by atoms with E-state index in [1.807, 2.05) is 6.07 Å². The van der Waals surface area contributed by atoms with Gasteiger partial charge in [0.1, 0.15) is 13.2 Å². The normalized spacial score (nSPS) is 21.6. The molecule has 0 spiro atoms. The van der Waals surface area contributed by atoms with E-state index in [4.69, 9.17) is 4.74 Å². The zero-order valence-electron chi connectivity index (χ0n) is 13.9. The first-order valence-electron chi connectivity index (χ1n) is 8.68. The van der Waals surface area contributed by atoms with Crippen molar-refractivity contribution < 1.29 is 14.3 Å². The number of nitrogens with one attached hydrogen (secondary N) is 1. The van der Waals surface area contributed by atoms with Gasteiger partial charge in [-0.05, 0) is 31.4 Å². The predicted molar refractivity (Wildman–Crippen MR) is 90.7 cm³/mol. The minimum absolute atomic E-state index is 0.0937. The summed E-state index contributed by atoms with van der Waals surface area (Å²) in [7, 11) is 0. The van der Waals surface area contributed by atoms with Gasteiger partial charge in [-0.25, -0.2) is 4.79 Å². The van der Waals surface area contributed by atoms with Gasteiger partial charge in [-0.15, -0.1) is 0 Å². The molecule has 0 saturated carbocycles. The highest BCUT2D eigenvalue weighted by molar-refractivity contribution is 5.83. The topological polar surface area (TPSA) is 61.9 Å². The molecule has 24 heavy (non-hydrogen) atoms. The van der Waals surface area contributed by atoms with E-state index in [2.05, 4.69) is 34.5 Å². The van der Waals surface area contributed by atoms with Gasteiger partial charge in [-0.2, -0.15) is 0 Å². The standard InChI is InChI=1S/C18H25N3O3/c22-17(14-21-11-12-24-18(21)23)19-16-7-4-9-20(13-16)10-8-15-5-2-1-3-6-15/h1-3,5-6,16H,4,7-14H2,(H,19,22). The van der Waals surface area contributed by atoms with Crippen LogP contribution in [0.3, 0.4) is 0 Å². The van der Waals surface area contributed by atoms with Crippen molar-refractivity contribution in [2.45, 2.75) is 25.3 Å². The third-order valence-electron chi connectivity index (χ3n) is 4.61. The van der Waals surface area contributed by atoms with Crippen molar-refractivity contribution in [2.75, 3.05) is 39.3 Å².